The monoisotopic (exact) mass is 460 g/mol. The third-order valence-corrected chi connectivity index (χ3v) is 8.77. The van der Waals surface area contributed by atoms with Gasteiger partial charge in [0, 0.05) is 23.3 Å². The molecule has 180 valence electrons. The first kappa shape index (κ1) is 22.9. The molecule has 3 fully saturated rings. The number of primary amides is 1. The van der Waals surface area contributed by atoms with Crippen LogP contribution < -0.4 is 10.6 Å². The van der Waals surface area contributed by atoms with Crippen LogP contribution in [0.15, 0.2) is 54.6 Å². The zero-order valence-corrected chi connectivity index (χ0v) is 20.4. The van der Waals surface area contributed by atoms with Crippen molar-refractivity contribution < 1.29 is 9.59 Å². The first-order valence-corrected chi connectivity index (χ1v) is 12.6. The van der Waals surface area contributed by atoms with Crippen LogP contribution >= 0.6 is 0 Å². The molecule has 2 aromatic carbocycles. The summed E-state index contributed by atoms with van der Waals surface area (Å²) in [5.41, 5.74) is 7.90. The first-order chi connectivity index (χ1) is 16.3. The summed E-state index contributed by atoms with van der Waals surface area (Å²) in [6.45, 7) is 1.50. The number of nitrogens with zero attached hydrogens (tertiary/aromatic N) is 3. The Kier molecular flexibility index (Phi) is 5.88. The Bertz CT molecular complexity index is 1060. The average molecular weight is 461 g/mol. The number of benzene rings is 2. The number of hydrogen-bond donors (Lipinski definition) is 1. The molecule has 0 radical (unpaired) electrons. The van der Waals surface area contributed by atoms with Crippen molar-refractivity contribution in [3.8, 4) is 0 Å². The Morgan fingerprint density at radius 3 is 2.32 bits per heavy atom. The van der Waals surface area contributed by atoms with Crippen LogP contribution in [0.4, 0.5) is 10.5 Å². The Morgan fingerprint density at radius 1 is 1.03 bits per heavy atom. The van der Waals surface area contributed by atoms with E-state index in [1.807, 2.05) is 17.0 Å². The normalized spacial score (nSPS) is 27.4. The zero-order chi connectivity index (χ0) is 23.9. The van der Waals surface area contributed by atoms with Gasteiger partial charge in [-0.25, -0.2) is 4.79 Å². The summed E-state index contributed by atoms with van der Waals surface area (Å²) in [6.07, 6.45) is 7.63. The van der Waals surface area contributed by atoms with E-state index >= 15 is 0 Å². The summed E-state index contributed by atoms with van der Waals surface area (Å²) in [6, 6.07) is 18.1. The van der Waals surface area contributed by atoms with E-state index in [1.165, 1.54) is 24.8 Å². The van der Waals surface area contributed by atoms with Crippen LogP contribution in [0.25, 0.3) is 0 Å². The maximum atomic E-state index is 13.8. The molecule has 2 aromatic rings. The van der Waals surface area contributed by atoms with Crippen molar-refractivity contribution in [3.63, 3.8) is 0 Å². The fourth-order valence-corrected chi connectivity index (χ4v) is 6.33. The summed E-state index contributed by atoms with van der Waals surface area (Å²) in [5.74, 6) is 0.137. The molecule has 6 heteroatoms. The van der Waals surface area contributed by atoms with Crippen LogP contribution in [-0.4, -0.2) is 54.5 Å². The summed E-state index contributed by atoms with van der Waals surface area (Å²) in [7, 11) is 4.36. The highest BCUT2D eigenvalue weighted by Gasteiger charge is 2.55. The molecule has 2 aliphatic carbocycles. The third-order valence-electron chi connectivity index (χ3n) is 8.77. The molecule has 34 heavy (non-hydrogen) atoms. The van der Waals surface area contributed by atoms with Gasteiger partial charge < -0.3 is 10.6 Å². The SMILES string of the molecule is CN(C)[C@]1(c2ccccc2)CC[C@@]2(CC1)CN(c1cccc(C(N)=O)c1)C(=O)N2CC1CCC1. The van der Waals surface area contributed by atoms with Crippen molar-refractivity contribution in [1.82, 2.24) is 9.80 Å². The average Bonchev–Trinajstić information content (AvgIpc) is 3.08. The molecule has 0 aromatic heterocycles. The standard InChI is InChI=1S/C28H36N4O2/c1-30(2)28(23-11-4-3-5-12-23)16-14-27(15-17-28)20-31(24-13-7-10-22(18-24)25(29)33)26(34)32(27)19-21-8-6-9-21/h3-5,7,10-13,18,21H,6,8-9,14-17,19-20H2,1-2H3,(H2,29,33)/t27-,28-. The van der Waals surface area contributed by atoms with Crippen molar-refractivity contribution in [1.29, 1.82) is 0 Å². The topological polar surface area (TPSA) is 69.9 Å². The number of rotatable bonds is 6. The van der Waals surface area contributed by atoms with Gasteiger partial charge in [-0.1, -0.05) is 42.8 Å². The molecule has 2 saturated carbocycles. The van der Waals surface area contributed by atoms with Crippen LogP contribution in [0.2, 0.25) is 0 Å². The van der Waals surface area contributed by atoms with Gasteiger partial charge in [0.15, 0.2) is 0 Å². The fraction of sp³-hybridized carbons (Fsp3) is 0.500. The van der Waals surface area contributed by atoms with Gasteiger partial charge in [0.25, 0.3) is 0 Å². The number of hydrogen-bond acceptors (Lipinski definition) is 3. The van der Waals surface area contributed by atoms with Gasteiger partial charge in [-0.3, -0.25) is 14.6 Å². The molecule has 3 aliphatic rings. The van der Waals surface area contributed by atoms with E-state index < -0.39 is 5.91 Å². The number of anilines is 1. The second kappa shape index (κ2) is 8.73. The molecule has 1 heterocycles. The molecular weight excluding hydrogens is 424 g/mol. The maximum absolute atomic E-state index is 13.8. The predicted molar refractivity (Wildman–Crippen MR) is 135 cm³/mol. The lowest BCUT2D eigenvalue weighted by molar-refractivity contribution is 0.0172. The Hall–Kier alpha value is -2.86. The Morgan fingerprint density at radius 2 is 1.74 bits per heavy atom. The van der Waals surface area contributed by atoms with Crippen molar-refractivity contribution in [3.05, 3.63) is 65.7 Å². The van der Waals surface area contributed by atoms with Crippen LogP contribution in [0.5, 0.6) is 0 Å². The van der Waals surface area contributed by atoms with Gasteiger partial charge in [-0.05, 0) is 82.3 Å². The van der Waals surface area contributed by atoms with E-state index in [0.29, 0.717) is 18.0 Å². The highest BCUT2D eigenvalue weighted by Crippen LogP contribution is 2.50. The summed E-state index contributed by atoms with van der Waals surface area (Å²) in [5, 5.41) is 0. The Balaban J connectivity index is 1.46. The number of amides is 3. The van der Waals surface area contributed by atoms with Crippen molar-refractivity contribution in [2.24, 2.45) is 11.7 Å². The molecular formula is C28H36N4O2. The van der Waals surface area contributed by atoms with Crippen molar-refractivity contribution in [2.75, 3.05) is 32.1 Å². The third kappa shape index (κ3) is 3.78. The lowest BCUT2D eigenvalue weighted by Gasteiger charge is -2.51. The molecule has 6 nitrogen and oxygen atoms in total. The molecule has 1 spiro atoms. The van der Waals surface area contributed by atoms with Gasteiger partial charge >= 0.3 is 6.03 Å². The van der Waals surface area contributed by atoms with Gasteiger partial charge in [-0.15, -0.1) is 0 Å². The molecule has 0 bridgehead atoms. The molecule has 3 amide bonds. The molecule has 2 N–H and O–H groups in total. The van der Waals surface area contributed by atoms with Crippen molar-refractivity contribution in [2.45, 2.75) is 56.0 Å². The smallest absolute Gasteiger partial charge is 0.325 e. The summed E-state index contributed by atoms with van der Waals surface area (Å²) >= 11 is 0. The second-order valence-corrected chi connectivity index (χ2v) is 10.7. The van der Waals surface area contributed by atoms with Gasteiger partial charge in [0.2, 0.25) is 5.91 Å². The lowest BCUT2D eigenvalue weighted by Crippen LogP contribution is -2.56. The van der Waals surface area contributed by atoms with Crippen LogP contribution in [0.1, 0.15) is 60.9 Å². The second-order valence-electron chi connectivity index (χ2n) is 10.7. The highest BCUT2D eigenvalue weighted by molar-refractivity contribution is 5.98. The highest BCUT2D eigenvalue weighted by atomic mass is 16.2. The molecule has 1 aliphatic heterocycles. The van der Waals surface area contributed by atoms with E-state index in [1.54, 1.807) is 12.1 Å². The first-order valence-electron chi connectivity index (χ1n) is 12.6. The number of nitrogens with two attached hydrogens (primary N) is 1. The fourth-order valence-electron chi connectivity index (χ4n) is 6.33. The predicted octanol–water partition coefficient (Wildman–Crippen LogP) is 4.60. The molecule has 1 saturated heterocycles. The maximum Gasteiger partial charge on any atom is 0.325 e. The van der Waals surface area contributed by atoms with E-state index in [0.717, 1.165) is 37.9 Å². The number of carbonyl (C=O) groups is 2. The Labute approximate surface area is 202 Å². The summed E-state index contributed by atoms with van der Waals surface area (Å²) in [4.78, 5) is 32.1. The van der Waals surface area contributed by atoms with Crippen LogP contribution in [0.3, 0.4) is 0 Å². The zero-order valence-electron chi connectivity index (χ0n) is 20.4. The minimum atomic E-state index is -0.467. The summed E-state index contributed by atoms with van der Waals surface area (Å²) < 4.78 is 0. The minimum absolute atomic E-state index is 0.0169. The van der Waals surface area contributed by atoms with Gasteiger partial charge in [-0.2, -0.15) is 0 Å². The molecule has 5 rings (SSSR count). The largest absolute Gasteiger partial charge is 0.366 e. The molecule has 0 unspecified atom stereocenters. The number of urea groups is 1. The minimum Gasteiger partial charge on any atom is -0.366 e. The van der Waals surface area contributed by atoms with Crippen molar-refractivity contribution >= 4 is 17.6 Å². The van der Waals surface area contributed by atoms with Gasteiger partial charge in [0.05, 0.1) is 12.1 Å². The van der Waals surface area contributed by atoms with E-state index in [2.05, 4.69) is 54.2 Å². The lowest BCUT2D eigenvalue weighted by atomic mass is 9.68. The van der Waals surface area contributed by atoms with E-state index in [4.69, 9.17) is 5.73 Å². The van der Waals surface area contributed by atoms with Gasteiger partial charge in [0.1, 0.15) is 0 Å². The van der Waals surface area contributed by atoms with E-state index in [9.17, 15) is 9.59 Å². The van der Waals surface area contributed by atoms with Crippen LogP contribution in [0, 0.1) is 5.92 Å². The van der Waals surface area contributed by atoms with Crippen LogP contribution in [-0.2, 0) is 5.54 Å². The quantitative estimate of drug-likeness (QED) is 0.685. The van der Waals surface area contributed by atoms with E-state index in [-0.39, 0.29) is 17.1 Å². The molecule has 0 atom stereocenters. The number of carbonyl (C=O) groups excluding carboxylic acids is 2.